The lowest BCUT2D eigenvalue weighted by atomic mass is 10.2. The summed E-state index contributed by atoms with van der Waals surface area (Å²) in [5, 5.41) is 7.84. The van der Waals surface area contributed by atoms with Crippen molar-refractivity contribution in [3.8, 4) is 11.4 Å². The van der Waals surface area contributed by atoms with Gasteiger partial charge in [0.15, 0.2) is 0 Å². The van der Waals surface area contributed by atoms with Gasteiger partial charge in [-0.3, -0.25) is 4.79 Å². The first kappa shape index (κ1) is 17.8. The van der Waals surface area contributed by atoms with Gasteiger partial charge in [0.05, 0.1) is 4.90 Å². The number of H-pyrrole nitrogens is 1. The van der Waals surface area contributed by atoms with Crippen LogP contribution in [0.3, 0.4) is 0 Å². The molecule has 0 radical (unpaired) electrons. The SMILES string of the molecule is Cc1[nH]c(-c2ccccc2)nc1C(=O)NCc1ccc(S(N)(=O)=O)cc1. The molecule has 0 saturated carbocycles. The number of amides is 1. The fourth-order valence-corrected chi connectivity index (χ4v) is 2.99. The maximum atomic E-state index is 12.4. The van der Waals surface area contributed by atoms with E-state index in [2.05, 4.69) is 15.3 Å². The minimum absolute atomic E-state index is 0.0308. The number of carbonyl (C=O) groups is 1. The van der Waals surface area contributed by atoms with Crippen LogP contribution in [0.2, 0.25) is 0 Å². The number of sulfonamides is 1. The zero-order chi connectivity index (χ0) is 18.7. The first-order valence-corrected chi connectivity index (χ1v) is 9.41. The van der Waals surface area contributed by atoms with Crippen LogP contribution < -0.4 is 10.5 Å². The summed E-state index contributed by atoms with van der Waals surface area (Å²) >= 11 is 0. The molecule has 0 aliphatic carbocycles. The Morgan fingerprint density at radius 3 is 2.38 bits per heavy atom. The van der Waals surface area contributed by atoms with E-state index in [1.54, 1.807) is 19.1 Å². The van der Waals surface area contributed by atoms with E-state index < -0.39 is 10.0 Å². The van der Waals surface area contributed by atoms with Gasteiger partial charge in [-0.15, -0.1) is 0 Å². The van der Waals surface area contributed by atoms with E-state index in [0.717, 1.165) is 11.1 Å². The highest BCUT2D eigenvalue weighted by Crippen LogP contribution is 2.17. The smallest absolute Gasteiger partial charge is 0.272 e. The predicted octanol–water partition coefficient (Wildman–Crippen LogP) is 1.96. The third-order valence-electron chi connectivity index (χ3n) is 3.85. The number of carbonyl (C=O) groups excluding carboxylic acids is 1. The third-order valence-corrected chi connectivity index (χ3v) is 4.78. The van der Waals surface area contributed by atoms with E-state index >= 15 is 0 Å². The van der Waals surface area contributed by atoms with Crippen LogP contribution in [0.25, 0.3) is 11.4 Å². The summed E-state index contributed by atoms with van der Waals surface area (Å²) in [4.78, 5) is 19.9. The van der Waals surface area contributed by atoms with E-state index in [-0.39, 0.29) is 17.3 Å². The van der Waals surface area contributed by atoms with Gasteiger partial charge in [-0.1, -0.05) is 42.5 Å². The Morgan fingerprint density at radius 2 is 1.77 bits per heavy atom. The normalized spacial score (nSPS) is 11.3. The monoisotopic (exact) mass is 370 g/mol. The molecule has 0 spiro atoms. The molecule has 0 aliphatic rings. The van der Waals surface area contributed by atoms with Crippen LogP contribution in [0.1, 0.15) is 21.7 Å². The number of imidazole rings is 1. The molecule has 8 heteroatoms. The van der Waals surface area contributed by atoms with Crippen LogP contribution in [0.15, 0.2) is 59.5 Å². The van der Waals surface area contributed by atoms with Gasteiger partial charge < -0.3 is 10.3 Å². The Kier molecular flexibility index (Phi) is 4.88. The fraction of sp³-hybridized carbons (Fsp3) is 0.111. The standard InChI is InChI=1S/C18H18N4O3S/c1-12-16(22-17(21-12)14-5-3-2-4-6-14)18(23)20-11-13-7-9-15(10-8-13)26(19,24)25/h2-10H,11H2,1H3,(H,20,23)(H,21,22)(H2,19,24,25). The number of aromatic nitrogens is 2. The second-order valence-corrected chi connectivity index (χ2v) is 7.36. The summed E-state index contributed by atoms with van der Waals surface area (Å²) in [5.74, 6) is 0.321. The molecule has 0 unspecified atom stereocenters. The number of primary sulfonamides is 1. The molecule has 0 fully saturated rings. The second-order valence-electron chi connectivity index (χ2n) is 5.80. The summed E-state index contributed by atoms with van der Waals surface area (Å²) in [6.45, 7) is 2.03. The van der Waals surface area contributed by atoms with Gasteiger partial charge in [0.2, 0.25) is 10.0 Å². The number of hydrogen-bond donors (Lipinski definition) is 3. The van der Waals surface area contributed by atoms with Crippen molar-refractivity contribution in [2.24, 2.45) is 5.14 Å². The molecule has 2 aromatic carbocycles. The van der Waals surface area contributed by atoms with E-state index in [0.29, 0.717) is 17.2 Å². The van der Waals surface area contributed by atoms with E-state index in [9.17, 15) is 13.2 Å². The summed E-state index contributed by atoms with van der Waals surface area (Å²) < 4.78 is 22.5. The third kappa shape index (κ3) is 3.98. The lowest BCUT2D eigenvalue weighted by Gasteiger charge is -2.05. The molecule has 7 nitrogen and oxygen atoms in total. The minimum Gasteiger partial charge on any atom is -0.347 e. The molecule has 0 atom stereocenters. The predicted molar refractivity (Wildman–Crippen MR) is 97.7 cm³/mol. The second kappa shape index (κ2) is 7.11. The van der Waals surface area contributed by atoms with Crippen LogP contribution >= 0.6 is 0 Å². The summed E-state index contributed by atoms with van der Waals surface area (Å²) in [6, 6.07) is 15.6. The molecule has 1 heterocycles. The first-order chi connectivity index (χ1) is 12.3. The number of aromatic amines is 1. The van der Waals surface area contributed by atoms with E-state index in [4.69, 9.17) is 5.14 Å². The molecule has 0 aliphatic heterocycles. The van der Waals surface area contributed by atoms with Gasteiger partial charge >= 0.3 is 0 Å². The number of hydrogen-bond acceptors (Lipinski definition) is 4. The zero-order valence-electron chi connectivity index (χ0n) is 14.1. The highest BCUT2D eigenvalue weighted by atomic mass is 32.2. The van der Waals surface area contributed by atoms with Crippen LogP contribution in [-0.4, -0.2) is 24.3 Å². The van der Waals surface area contributed by atoms with Crippen molar-refractivity contribution in [2.75, 3.05) is 0 Å². The molecule has 0 bridgehead atoms. The number of rotatable bonds is 5. The maximum absolute atomic E-state index is 12.4. The van der Waals surface area contributed by atoms with Crippen molar-refractivity contribution < 1.29 is 13.2 Å². The molecule has 134 valence electrons. The number of nitrogens with zero attached hydrogens (tertiary/aromatic N) is 1. The summed E-state index contributed by atoms with van der Waals surface area (Å²) in [5.41, 5.74) is 2.64. The topological polar surface area (TPSA) is 118 Å². The number of nitrogens with one attached hydrogen (secondary N) is 2. The van der Waals surface area contributed by atoms with Gasteiger partial charge in [0, 0.05) is 17.8 Å². The van der Waals surface area contributed by atoms with Crippen molar-refractivity contribution in [2.45, 2.75) is 18.4 Å². The average molecular weight is 370 g/mol. The number of benzene rings is 2. The molecule has 1 aromatic heterocycles. The zero-order valence-corrected chi connectivity index (χ0v) is 14.9. The van der Waals surface area contributed by atoms with Crippen molar-refractivity contribution in [1.82, 2.24) is 15.3 Å². The Labute approximate surface area is 151 Å². The van der Waals surface area contributed by atoms with Gasteiger partial charge in [-0.05, 0) is 24.6 Å². The van der Waals surface area contributed by atoms with Crippen molar-refractivity contribution in [3.63, 3.8) is 0 Å². The molecular formula is C18H18N4O3S. The molecule has 3 aromatic rings. The van der Waals surface area contributed by atoms with Crippen LogP contribution in [0.4, 0.5) is 0 Å². The highest BCUT2D eigenvalue weighted by molar-refractivity contribution is 7.89. The van der Waals surface area contributed by atoms with Crippen LogP contribution in [0, 0.1) is 6.92 Å². The minimum atomic E-state index is -3.72. The van der Waals surface area contributed by atoms with Crippen LogP contribution in [-0.2, 0) is 16.6 Å². The fourth-order valence-electron chi connectivity index (χ4n) is 2.48. The molecule has 0 saturated heterocycles. The average Bonchev–Trinajstić information content (AvgIpc) is 3.02. The quantitative estimate of drug-likeness (QED) is 0.636. The summed E-state index contributed by atoms with van der Waals surface area (Å²) in [6.07, 6.45) is 0. The number of aryl methyl sites for hydroxylation is 1. The lowest BCUT2D eigenvalue weighted by molar-refractivity contribution is 0.0946. The van der Waals surface area contributed by atoms with Crippen molar-refractivity contribution in [1.29, 1.82) is 0 Å². The van der Waals surface area contributed by atoms with Gasteiger partial charge in [0.1, 0.15) is 11.5 Å². The van der Waals surface area contributed by atoms with Gasteiger partial charge in [-0.25, -0.2) is 18.5 Å². The Balaban J connectivity index is 1.70. The molecule has 1 amide bonds. The Hall–Kier alpha value is -2.97. The Bertz CT molecular complexity index is 1030. The number of nitrogens with two attached hydrogens (primary N) is 1. The molecular weight excluding hydrogens is 352 g/mol. The van der Waals surface area contributed by atoms with E-state index in [1.807, 2.05) is 30.3 Å². The largest absolute Gasteiger partial charge is 0.347 e. The van der Waals surface area contributed by atoms with Gasteiger partial charge in [-0.2, -0.15) is 0 Å². The lowest BCUT2D eigenvalue weighted by Crippen LogP contribution is -2.24. The van der Waals surface area contributed by atoms with Gasteiger partial charge in [0.25, 0.3) is 5.91 Å². The summed E-state index contributed by atoms with van der Waals surface area (Å²) in [7, 11) is -3.72. The van der Waals surface area contributed by atoms with E-state index in [1.165, 1.54) is 12.1 Å². The Morgan fingerprint density at radius 1 is 1.12 bits per heavy atom. The van der Waals surface area contributed by atoms with Crippen molar-refractivity contribution >= 4 is 15.9 Å². The molecule has 3 rings (SSSR count). The first-order valence-electron chi connectivity index (χ1n) is 7.86. The molecule has 26 heavy (non-hydrogen) atoms. The highest BCUT2D eigenvalue weighted by Gasteiger charge is 2.15. The van der Waals surface area contributed by atoms with Crippen LogP contribution in [0.5, 0.6) is 0 Å². The molecule has 4 N–H and O–H groups in total. The van der Waals surface area contributed by atoms with Crippen molar-refractivity contribution in [3.05, 3.63) is 71.5 Å². The maximum Gasteiger partial charge on any atom is 0.272 e.